The van der Waals surface area contributed by atoms with Crippen LogP contribution in [0.1, 0.15) is 18.9 Å². The van der Waals surface area contributed by atoms with Gasteiger partial charge in [0.1, 0.15) is 5.01 Å². The zero-order valence-corrected chi connectivity index (χ0v) is 13.3. The second kappa shape index (κ2) is 7.66. The van der Waals surface area contributed by atoms with Crippen molar-refractivity contribution >= 4 is 40.2 Å². The van der Waals surface area contributed by atoms with Gasteiger partial charge in [-0.1, -0.05) is 22.7 Å². The van der Waals surface area contributed by atoms with Crippen molar-refractivity contribution in [3.05, 3.63) is 5.01 Å². The van der Waals surface area contributed by atoms with Crippen LogP contribution in [0.2, 0.25) is 0 Å². The summed E-state index contributed by atoms with van der Waals surface area (Å²) in [5, 5.41) is 9.27. The average Bonchev–Trinajstić information content (AvgIpc) is 2.75. The third-order valence-electron chi connectivity index (χ3n) is 1.54. The Balaban J connectivity index is 2.54. The average molecular weight is 314 g/mol. The maximum Gasteiger partial charge on any atom is 0.293 e. The van der Waals surface area contributed by atoms with Gasteiger partial charge in [-0.3, -0.25) is 0 Å². The van der Waals surface area contributed by atoms with Crippen LogP contribution in [0.25, 0.3) is 0 Å². The lowest BCUT2D eigenvalue weighted by atomic mass is 10.9. The molecule has 0 unspecified atom stereocenters. The molecule has 0 fully saturated rings. The minimum Gasteiger partial charge on any atom is -0.472 e. The smallest absolute Gasteiger partial charge is 0.293 e. The van der Waals surface area contributed by atoms with Gasteiger partial charge in [-0.05, 0) is 25.7 Å². The summed E-state index contributed by atoms with van der Waals surface area (Å²) in [7, 11) is 1.57. The molecule has 9 heteroatoms. The van der Waals surface area contributed by atoms with Gasteiger partial charge in [-0.15, -0.1) is 10.2 Å². The highest BCUT2D eigenvalue weighted by Gasteiger charge is 2.20. The monoisotopic (exact) mass is 314 g/mol. The first kappa shape index (κ1) is 15.3. The Morgan fingerprint density at radius 1 is 1.29 bits per heavy atom. The van der Waals surface area contributed by atoms with Crippen molar-refractivity contribution in [1.29, 1.82) is 0 Å². The number of hydrogen-bond acceptors (Lipinski definition) is 8. The van der Waals surface area contributed by atoms with Gasteiger partial charge in [0.2, 0.25) is 5.69 Å². The molecule has 0 aliphatic heterocycles. The quantitative estimate of drug-likeness (QED) is 0.683. The number of rotatable bonds is 8. The molecule has 0 saturated heterocycles. The topological polar surface area (TPSA) is 53.5 Å². The number of nitrogens with zero attached hydrogens (tertiary/aromatic N) is 2. The second-order valence-corrected chi connectivity index (χ2v) is 10.1. The van der Waals surface area contributed by atoms with Crippen molar-refractivity contribution in [3.8, 4) is 5.19 Å². The Morgan fingerprint density at radius 3 is 2.41 bits per heavy atom. The van der Waals surface area contributed by atoms with Crippen LogP contribution in [0.5, 0.6) is 5.19 Å². The molecule has 98 valence electrons. The predicted octanol–water partition coefficient (Wildman–Crippen LogP) is 3.08. The predicted molar refractivity (Wildman–Crippen MR) is 75.3 cm³/mol. The molecule has 0 aromatic carbocycles. The molecule has 0 N–H and O–H groups in total. The highest BCUT2D eigenvalue weighted by atomic mass is 32.9. The summed E-state index contributed by atoms with van der Waals surface area (Å²) in [6, 6.07) is 0. The summed E-state index contributed by atoms with van der Waals surface area (Å²) >= 11 is 8.28. The van der Waals surface area contributed by atoms with Crippen molar-refractivity contribution < 1.29 is 13.8 Å². The molecule has 17 heavy (non-hydrogen) atoms. The van der Waals surface area contributed by atoms with Crippen LogP contribution >= 0.6 is 28.4 Å². The Labute approximate surface area is 114 Å². The number of aromatic nitrogens is 2. The molecule has 0 amide bonds. The normalized spacial score (nSPS) is 11.7. The number of ether oxygens (including phenoxy) is 1. The van der Waals surface area contributed by atoms with Gasteiger partial charge in [0.15, 0.2) is 0 Å². The molecule has 0 bridgehead atoms. The van der Waals surface area contributed by atoms with E-state index >= 15 is 0 Å². The van der Waals surface area contributed by atoms with E-state index < -0.39 is 5.69 Å². The van der Waals surface area contributed by atoms with E-state index in [1.807, 2.05) is 13.8 Å². The van der Waals surface area contributed by atoms with Crippen molar-refractivity contribution in [1.82, 2.24) is 10.2 Å². The molecular formula is C8H15N2O3PS3. The van der Waals surface area contributed by atoms with Crippen LogP contribution in [0.3, 0.4) is 0 Å². The first-order valence-corrected chi connectivity index (χ1v) is 10.1. The molecule has 0 atom stereocenters. The summed E-state index contributed by atoms with van der Waals surface area (Å²) < 4.78 is 16.0. The molecule has 0 radical (unpaired) electrons. The van der Waals surface area contributed by atoms with Crippen molar-refractivity contribution in [3.63, 3.8) is 0 Å². The zero-order valence-electron chi connectivity index (χ0n) is 9.91. The van der Waals surface area contributed by atoms with Crippen molar-refractivity contribution in [2.45, 2.75) is 19.6 Å². The van der Waals surface area contributed by atoms with E-state index in [0.29, 0.717) is 24.2 Å². The second-order valence-electron chi connectivity index (χ2n) is 2.72. The summed E-state index contributed by atoms with van der Waals surface area (Å²) in [5.41, 5.74) is -2.24. The van der Waals surface area contributed by atoms with Crippen LogP contribution in [0.4, 0.5) is 0 Å². The third-order valence-corrected chi connectivity index (χ3v) is 8.03. The minimum absolute atomic E-state index is 0.557. The summed E-state index contributed by atoms with van der Waals surface area (Å²) in [4.78, 5) is 0. The fourth-order valence-electron chi connectivity index (χ4n) is 0.941. The Bertz CT molecular complexity index is 378. The van der Waals surface area contributed by atoms with E-state index in [4.69, 9.17) is 25.6 Å². The third kappa shape index (κ3) is 5.19. The molecule has 1 aromatic rings. The molecule has 0 aliphatic carbocycles. The van der Waals surface area contributed by atoms with Crippen molar-refractivity contribution in [2.24, 2.45) is 0 Å². The number of hydrogen-bond donors (Lipinski definition) is 0. The molecule has 0 aliphatic rings. The lowest BCUT2D eigenvalue weighted by Gasteiger charge is -2.19. The van der Waals surface area contributed by atoms with Gasteiger partial charge >= 0.3 is 0 Å². The lowest BCUT2D eigenvalue weighted by Crippen LogP contribution is -1.92. The van der Waals surface area contributed by atoms with Crippen LogP contribution in [-0.2, 0) is 26.6 Å². The first-order valence-electron chi connectivity index (χ1n) is 5.03. The SMILES string of the molecule is CCOP(=S)(OCC)SCc1nnc(OC)s1. The van der Waals surface area contributed by atoms with Crippen LogP contribution in [0, 0.1) is 0 Å². The highest BCUT2D eigenvalue weighted by molar-refractivity contribution is 8.67. The van der Waals surface area contributed by atoms with Gasteiger partial charge in [0.25, 0.3) is 5.19 Å². The van der Waals surface area contributed by atoms with Crippen molar-refractivity contribution in [2.75, 3.05) is 20.3 Å². The standard InChI is InChI=1S/C8H15N2O3PS3/c1-4-12-14(15,13-5-2)16-6-7-9-10-8(11-3)17-7/h4-6H2,1-3H3. The van der Waals surface area contributed by atoms with Gasteiger partial charge < -0.3 is 13.8 Å². The lowest BCUT2D eigenvalue weighted by molar-refractivity contribution is 0.280. The minimum atomic E-state index is -2.24. The first-order chi connectivity index (χ1) is 8.13. The van der Waals surface area contributed by atoms with E-state index in [1.165, 1.54) is 22.7 Å². The summed E-state index contributed by atoms with van der Waals surface area (Å²) in [6.07, 6.45) is 0. The Morgan fingerprint density at radius 2 is 1.94 bits per heavy atom. The molecular weight excluding hydrogens is 299 g/mol. The van der Waals surface area contributed by atoms with Gasteiger partial charge in [0, 0.05) is 0 Å². The maximum atomic E-state index is 5.52. The van der Waals surface area contributed by atoms with E-state index in [-0.39, 0.29) is 0 Å². The van der Waals surface area contributed by atoms with E-state index in [9.17, 15) is 0 Å². The fraction of sp³-hybridized carbons (Fsp3) is 0.750. The fourth-order valence-corrected chi connectivity index (χ4v) is 6.27. The molecule has 1 aromatic heterocycles. The molecule has 1 heterocycles. The summed E-state index contributed by atoms with van der Waals surface area (Å²) in [6.45, 7) is 4.94. The largest absolute Gasteiger partial charge is 0.472 e. The number of methoxy groups -OCH3 is 1. The van der Waals surface area contributed by atoms with Gasteiger partial charge in [-0.2, -0.15) is 0 Å². The maximum absolute atomic E-state index is 5.52. The molecule has 5 nitrogen and oxygen atoms in total. The summed E-state index contributed by atoms with van der Waals surface area (Å²) in [5.74, 6) is 0.637. The van der Waals surface area contributed by atoms with Crippen LogP contribution in [-0.4, -0.2) is 30.5 Å². The zero-order chi connectivity index (χ0) is 12.7. The van der Waals surface area contributed by atoms with Gasteiger partial charge in [0.05, 0.1) is 26.1 Å². The highest BCUT2D eigenvalue weighted by Crippen LogP contribution is 2.62. The molecule has 0 spiro atoms. The van der Waals surface area contributed by atoms with Crippen LogP contribution < -0.4 is 4.74 Å². The van der Waals surface area contributed by atoms with E-state index in [2.05, 4.69) is 10.2 Å². The van der Waals surface area contributed by atoms with E-state index in [1.54, 1.807) is 7.11 Å². The van der Waals surface area contributed by atoms with Gasteiger partial charge in [-0.25, -0.2) is 0 Å². The van der Waals surface area contributed by atoms with Crippen LogP contribution in [0.15, 0.2) is 0 Å². The van der Waals surface area contributed by atoms with E-state index in [0.717, 1.165) is 5.01 Å². The Hall–Kier alpha value is 0.280. The Kier molecular flexibility index (Phi) is 6.91. The molecule has 0 saturated carbocycles. The molecule has 1 rings (SSSR count).